The van der Waals surface area contributed by atoms with Gasteiger partial charge in [0.05, 0.1) is 6.54 Å². The van der Waals surface area contributed by atoms with Crippen molar-refractivity contribution in [3.63, 3.8) is 0 Å². The minimum Gasteiger partial charge on any atom is -0.492 e. The Balaban J connectivity index is 2.29. The van der Waals surface area contributed by atoms with Gasteiger partial charge in [0, 0.05) is 13.1 Å². The van der Waals surface area contributed by atoms with Crippen LogP contribution >= 0.6 is 0 Å². The summed E-state index contributed by atoms with van der Waals surface area (Å²) in [5.41, 5.74) is 0. The van der Waals surface area contributed by atoms with Crippen LogP contribution in [-0.4, -0.2) is 43.6 Å². The summed E-state index contributed by atoms with van der Waals surface area (Å²) in [4.78, 5) is 13.4. The highest BCUT2D eigenvalue weighted by molar-refractivity contribution is 5.77. The molecule has 1 aromatic rings. The van der Waals surface area contributed by atoms with Crippen molar-refractivity contribution < 1.29 is 13.9 Å². The second-order valence-corrected chi connectivity index (χ2v) is 4.12. The van der Waals surface area contributed by atoms with Crippen LogP contribution in [0, 0.1) is 5.82 Å². The van der Waals surface area contributed by atoms with E-state index in [0.717, 1.165) is 6.54 Å². The maximum atomic E-state index is 12.7. The molecule has 1 rings (SSSR count). The van der Waals surface area contributed by atoms with E-state index in [1.807, 2.05) is 18.7 Å². The lowest BCUT2D eigenvalue weighted by Gasteiger charge is -2.19. The van der Waals surface area contributed by atoms with Crippen LogP contribution in [0.25, 0.3) is 0 Å². The second-order valence-electron chi connectivity index (χ2n) is 4.12. The molecule has 1 N–H and O–H groups in total. The van der Waals surface area contributed by atoms with E-state index in [9.17, 15) is 9.18 Å². The smallest absolute Gasteiger partial charge is 0.234 e. The summed E-state index contributed by atoms with van der Waals surface area (Å²) < 4.78 is 18.2. The van der Waals surface area contributed by atoms with Gasteiger partial charge < -0.3 is 10.1 Å². The number of nitrogens with zero attached hydrogens (tertiary/aromatic N) is 1. The van der Waals surface area contributed by atoms with Crippen molar-refractivity contribution >= 4 is 5.91 Å². The Labute approximate surface area is 113 Å². The van der Waals surface area contributed by atoms with E-state index in [4.69, 9.17) is 4.74 Å². The summed E-state index contributed by atoms with van der Waals surface area (Å²) in [6, 6.07) is 5.91. The van der Waals surface area contributed by atoms with Crippen LogP contribution in [0.15, 0.2) is 24.3 Å². The van der Waals surface area contributed by atoms with Crippen molar-refractivity contribution in [1.29, 1.82) is 0 Å². The Morgan fingerprint density at radius 1 is 1.32 bits per heavy atom. The van der Waals surface area contributed by atoms with Gasteiger partial charge in [-0.05, 0) is 37.7 Å². The molecule has 5 heteroatoms. The molecule has 0 radical (unpaired) electrons. The summed E-state index contributed by atoms with van der Waals surface area (Å²) in [5.74, 6) is 0.375. The van der Waals surface area contributed by atoms with Gasteiger partial charge in [0.1, 0.15) is 18.2 Å². The van der Waals surface area contributed by atoms with Gasteiger partial charge in [0.25, 0.3) is 0 Å². The van der Waals surface area contributed by atoms with Gasteiger partial charge in [-0.15, -0.1) is 0 Å². The number of carbonyl (C=O) groups is 1. The summed E-state index contributed by atoms with van der Waals surface area (Å²) >= 11 is 0. The molecule has 0 aliphatic rings. The Kier molecular flexibility index (Phi) is 6.89. The molecule has 0 saturated carbocycles. The molecule has 0 unspecified atom stereocenters. The lowest BCUT2D eigenvalue weighted by Crippen LogP contribution is -2.38. The Hall–Kier alpha value is -1.62. The van der Waals surface area contributed by atoms with Crippen molar-refractivity contribution in [3.05, 3.63) is 30.1 Å². The molecule has 0 aliphatic carbocycles. The average molecular weight is 268 g/mol. The fourth-order valence-corrected chi connectivity index (χ4v) is 1.63. The van der Waals surface area contributed by atoms with E-state index >= 15 is 0 Å². The first-order valence-corrected chi connectivity index (χ1v) is 6.53. The number of rotatable bonds is 8. The molecule has 0 spiro atoms. The summed E-state index contributed by atoms with van der Waals surface area (Å²) in [5, 5.41) is 2.76. The van der Waals surface area contributed by atoms with Gasteiger partial charge in [-0.1, -0.05) is 6.92 Å². The minimum absolute atomic E-state index is 0.0196. The van der Waals surface area contributed by atoms with Crippen LogP contribution in [0.2, 0.25) is 0 Å². The maximum Gasteiger partial charge on any atom is 0.234 e. The molecule has 19 heavy (non-hydrogen) atoms. The van der Waals surface area contributed by atoms with Gasteiger partial charge in [-0.3, -0.25) is 9.69 Å². The Bertz CT molecular complexity index is 382. The monoisotopic (exact) mass is 268 g/mol. The topological polar surface area (TPSA) is 41.6 Å². The van der Waals surface area contributed by atoms with E-state index in [2.05, 4.69) is 5.32 Å². The van der Waals surface area contributed by atoms with Crippen molar-refractivity contribution in [3.8, 4) is 5.75 Å². The lowest BCUT2D eigenvalue weighted by atomic mass is 10.3. The standard InChI is InChI=1S/C14H21FN2O2/c1-3-16-14(18)11-17(4-2)9-10-19-13-7-5-12(15)6-8-13/h5-8H,3-4,9-11H2,1-2H3,(H,16,18). The third-order valence-electron chi connectivity index (χ3n) is 2.68. The summed E-state index contributed by atoms with van der Waals surface area (Å²) in [6.07, 6.45) is 0. The zero-order valence-corrected chi connectivity index (χ0v) is 11.5. The number of benzene rings is 1. The first-order valence-electron chi connectivity index (χ1n) is 6.53. The third-order valence-corrected chi connectivity index (χ3v) is 2.68. The molecule has 0 fully saturated rings. The number of likely N-dealkylation sites (N-methyl/N-ethyl adjacent to an activating group) is 2. The van der Waals surface area contributed by atoms with Gasteiger partial charge in [-0.2, -0.15) is 0 Å². The number of nitrogens with one attached hydrogen (secondary N) is 1. The number of ether oxygens (including phenoxy) is 1. The van der Waals surface area contributed by atoms with Gasteiger partial charge in [-0.25, -0.2) is 4.39 Å². The minimum atomic E-state index is -0.279. The normalized spacial score (nSPS) is 10.5. The maximum absolute atomic E-state index is 12.7. The molecule has 0 aromatic heterocycles. The molecular formula is C14H21FN2O2. The number of halogens is 1. The zero-order valence-electron chi connectivity index (χ0n) is 11.5. The van der Waals surface area contributed by atoms with Crippen molar-refractivity contribution in [2.24, 2.45) is 0 Å². The lowest BCUT2D eigenvalue weighted by molar-refractivity contribution is -0.122. The van der Waals surface area contributed by atoms with E-state index in [1.165, 1.54) is 12.1 Å². The number of amides is 1. The molecule has 4 nitrogen and oxygen atoms in total. The second kappa shape index (κ2) is 8.48. The van der Waals surface area contributed by atoms with E-state index in [0.29, 0.717) is 32.0 Å². The first kappa shape index (κ1) is 15.4. The fraction of sp³-hybridized carbons (Fsp3) is 0.500. The number of carbonyl (C=O) groups excluding carboxylic acids is 1. The predicted molar refractivity (Wildman–Crippen MR) is 72.7 cm³/mol. The highest BCUT2D eigenvalue weighted by atomic mass is 19.1. The van der Waals surface area contributed by atoms with Gasteiger partial charge >= 0.3 is 0 Å². The highest BCUT2D eigenvalue weighted by Crippen LogP contribution is 2.10. The van der Waals surface area contributed by atoms with Crippen LogP contribution in [0.5, 0.6) is 5.75 Å². The van der Waals surface area contributed by atoms with Crippen molar-refractivity contribution in [2.75, 3.05) is 32.8 Å². The highest BCUT2D eigenvalue weighted by Gasteiger charge is 2.08. The molecule has 0 saturated heterocycles. The predicted octanol–water partition coefficient (Wildman–Crippen LogP) is 1.66. The molecule has 0 aliphatic heterocycles. The number of hydrogen-bond acceptors (Lipinski definition) is 3. The van der Waals surface area contributed by atoms with Gasteiger partial charge in [0.15, 0.2) is 0 Å². The Morgan fingerprint density at radius 2 is 2.00 bits per heavy atom. The molecular weight excluding hydrogens is 247 g/mol. The summed E-state index contributed by atoms with van der Waals surface area (Å²) in [7, 11) is 0. The van der Waals surface area contributed by atoms with E-state index in [1.54, 1.807) is 12.1 Å². The molecule has 0 heterocycles. The van der Waals surface area contributed by atoms with Crippen LogP contribution in [-0.2, 0) is 4.79 Å². The largest absolute Gasteiger partial charge is 0.492 e. The first-order chi connectivity index (χ1) is 9.15. The summed E-state index contributed by atoms with van der Waals surface area (Å²) in [6.45, 7) is 6.82. The SMILES string of the molecule is CCNC(=O)CN(CC)CCOc1ccc(F)cc1. The molecule has 1 amide bonds. The van der Waals surface area contributed by atoms with E-state index < -0.39 is 0 Å². The molecule has 1 aromatic carbocycles. The Morgan fingerprint density at radius 3 is 2.58 bits per heavy atom. The van der Waals surface area contributed by atoms with Crippen molar-refractivity contribution in [2.45, 2.75) is 13.8 Å². The average Bonchev–Trinajstić information content (AvgIpc) is 2.40. The van der Waals surface area contributed by atoms with Crippen LogP contribution in [0.4, 0.5) is 4.39 Å². The van der Waals surface area contributed by atoms with Crippen LogP contribution in [0.3, 0.4) is 0 Å². The van der Waals surface area contributed by atoms with Crippen molar-refractivity contribution in [1.82, 2.24) is 10.2 Å². The van der Waals surface area contributed by atoms with E-state index in [-0.39, 0.29) is 11.7 Å². The quantitative estimate of drug-likeness (QED) is 0.779. The molecule has 0 bridgehead atoms. The molecule has 0 atom stereocenters. The molecule has 106 valence electrons. The zero-order chi connectivity index (χ0) is 14.1. The van der Waals surface area contributed by atoms with Crippen LogP contribution in [0.1, 0.15) is 13.8 Å². The van der Waals surface area contributed by atoms with Crippen LogP contribution < -0.4 is 10.1 Å². The third kappa shape index (κ3) is 6.20. The van der Waals surface area contributed by atoms with Gasteiger partial charge in [0.2, 0.25) is 5.91 Å². The number of hydrogen-bond donors (Lipinski definition) is 1. The fourth-order valence-electron chi connectivity index (χ4n) is 1.63.